The van der Waals surface area contributed by atoms with E-state index in [4.69, 9.17) is 4.18 Å². The van der Waals surface area contributed by atoms with Crippen molar-refractivity contribution in [2.24, 2.45) is 10.4 Å². The van der Waals surface area contributed by atoms with Crippen molar-refractivity contribution in [2.45, 2.75) is 18.4 Å². The lowest BCUT2D eigenvalue weighted by Crippen LogP contribution is -2.06. The third-order valence-corrected chi connectivity index (χ3v) is 4.27. The van der Waals surface area contributed by atoms with Crippen LogP contribution in [-0.2, 0) is 20.9 Å². The minimum atomic E-state index is -4.01. The van der Waals surface area contributed by atoms with E-state index in [1.165, 1.54) is 30.3 Å². The zero-order valence-corrected chi connectivity index (χ0v) is 12.4. The van der Waals surface area contributed by atoms with E-state index in [1.807, 2.05) is 6.92 Å². The first-order valence-corrected chi connectivity index (χ1v) is 7.63. The normalized spacial score (nSPS) is 11.1. The summed E-state index contributed by atoms with van der Waals surface area (Å²) < 4.78 is 29.1. The summed E-state index contributed by atoms with van der Waals surface area (Å²) in [5.41, 5.74) is 0.762. The summed E-state index contributed by atoms with van der Waals surface area (Å²) in [7, 11) is -4.01. The standard InChI is InChI=1S/C14H12N2O5S/c1-10-5-7-11(8-6-10)22(19,20)21-9-12-13(15-17)3-2-4-14(12)16-18/h2-8H,9H2,1H3. The van der Waals surface area contributed by atoms with E-state index in [2.05, 4.69) is 10.4 Å². The van der Waals surface area contributed by atoms with Crippen molar-refractivity contribution >= 4 is 21.5 Å². The summed E-state index contributed by atoms with van der Waals surface area (Å²) in [4.78, 5) is 21.4. The van der Waals surface area contributed by atoms with Crippen LogP contribution < -0.4 is 0 Å². The van der Waals surface area contributed by atoms with Crippen LogP contribution in [0, 0.1) is 16.7 Å². The first kappa shape index (κ1) is 15.9. The molecule has 8 heteroatoms. The summed E-state index contributed by atoms with van der Waals surface area (Å²) in [5, 5.41) is 5.48. The molecule has 2 rings (SSSR count). The molecule has 7 nitrogen and oxygen atoms in total. The van der Waals surface area contributed by atoms with Gasteiger partial charge in [0.25, 0.3) is 10.1 Å². The summed E-state index contributed by atoms with van der Waals surface area (Å²) in [6.45, 7) is 1.32. The minimum Gasteiger partial charge on any atom is -0.261 e. The van der Waals surface area contributed by atoms with Crippen LogP contribution >= 0.6 is 0 Å². The maximum atomic E-state index is 12.1. The number of rotatable bonds is 6. The zero-order valence-electron chi connectivity index (χ0n) is 11.6. The highest BCUT2D eigenvalue weighted by atomic mass is 32.2. The van der Waals surface area contributed by atoms with E-state index < -0.39 is 16.7 Å². The molecule has 0 saturated heterocycles. The lowest BCUT2D eigenvalue weighted by molar-refractivity contribution is 0.309. The van der Waals surface area contributed by atoms with Crippen molar-refractivity contribution in [1.82, 2.24) is 0 Å². The van der Waals surface area contributed by atoms with Gasteiger partial charge in [0.15, 0.2) is 0 Å². The van der Waals surface area contributed by atoms with Crippen LogP contribution in [0.2, 0.25) is 0 Å². The molecular weight excluding hydrogens is 308 g/mol. The molecule has 0 saturated carbocycles. The van der Waals surface area contributed by atoms with E-state index >= 15 is 0 Å². The Bertz CT molecular complexity index is 774. The molecule has 0 aliphatic carbocycles. The van der Waals surface area contributed by atoms with E-state index in [0.717, 1.165) is 5.56 Å². The molecule has 0 N–H and O–H groups in total. The van der Waals surface area contributed by atoms with Gasteiger partial charge >= 0.3 is 0 Å². The smallest absolute Gasteiger partial charge is 0.261 e. The topological polar surface area (TPSA) is 102 Å². The molecule has 0 aliphatic rings. The van der Waals surface area contributed by atoms with E-state index in [0.29, 0.717) is 0 Å². The van der Waals surface area contributed by atoms with Gasteiger partial charge in [-0.25, -0.2) is 0 Å². The number of hydrogen-bond donors (Lipinski definition) is 0. The van der Waals surface area contributed by atoms with Crippen molar-refractivity contribution in [2.75, 3.05) is 0 Å². The second-order valence-corrected chi connectivity index (χ2v) is 6.10. The van der Waals surface area contributed by atoms with E-state index in [1.54, 1.807) is 12.1 Å². The molecule has 2 aromatic rings. The molecule has 0 amide bonds. The van der Waals surface area contributed by atoms with E-state index in [9.17, 15) is 18.2 Å². The molecule has 0 radical (unpaired) electrons. The van der Waals surface area contributed by atoms with Crippen LogP contribution in [0.25, 0.3) is 0 Å². The van der Waals surface area contributed by atoms with Gasteiger partial charge in [0, 0.05) is 5.56 Å². The van der Waals surface area contributed by atoms with Crippen molar-refractivity contribution in [3.63, 3.8) is 0 Å². The van der Waals surface area contributed by atoms with Gasteiger partial charge in [0.05, 0.1) is 11.5 Å². The molecular formula is C14H12N2O5S. The van der Waals surface area contributed by atoms with Crippen molar-refractivity contribution in [1.29, 1.82) is 0 Å². The van der Waals surface area contributed by atoms with Crippen LogP contribution in [0.15, 0.2) is 57.7 Å². The van der Waals surface area contributed by atoms with Gasteiger partial charge < -0.3 is 0 Å². The summed E-state index contributed by atoms with van der Waals surface area (Å²) in [6.07, 6.45) is 0. The second kappa shape index (κ2) is 6.54. The van der Waals surface area contributed by atoms with Gasteiger partial charge in [-0.15, -0.1) is 9.81 Å². The Morgan fingerprint density at radius 1 is 0.955 bits per heavy atom. The molecule has 0 bridgehead atoms. The highest BCUT2D eigenvalue weighted by Crippen LogP contribution is 2.30. The Hall–Kier alpha value is -2.45. The average Bonchev–Trinajstić information content (AvgIpc) is 2.53. The number of nitroso groups, excluding NO2 is 2. The van der Waals surface area contributed by atoms with Crippen LogP contribution in [0.3, 0.4) is 0 Å². The summed E-state index contributed by atoms with van der Waals surface area (Å²) in [5.74, 6) is 0. The summed E-state index contributed by atoms with van der Waals surface area (Å²) >= 11 is 0. The zero-order chi connectivity index (χ0) is 16.2. The Labute approximate surface area is 127 Å². The fourth-order valence-electron chi connectivity index (χ4n) is 1.79. The first-order valence-electron chi connectivity index (χ1n) is 6.22. The molecule has 0 fully saturated rings. The first-order chi connectivity index (χ1) is 10.5. The predicted molar refractivity (Wildman–Crippen MR) is 80.5 cm³/mol. The Morgan fingerprint density at radius 3 is 2.00 bits per heavy atom. The van der Waals surface area contributed by atoms with Crippen molar-refractivity contribution in [3.05, 3.63) is 63.4 Å². The van der Waals surface area contributed by atoms with Crippen LogP contribution in [-0.4, -0.2) is 8.42 Å². The molecule has 0 aliphatic heterocycles. The molecule has 0 aromatic heterocycles. The largest absolute Gasteiger partial charge is 0.297 e. The molecule has 0 spiro atoms. The number of benzene rings is 2. The minimum absolute atomic E-state index is 0.0183. The Morgan fingerprint density at radius 2 is 1.50 bits per heavy atom. The number of nitrogens with zero attached hydrogens (tertiary/aromatic N) is 2. The quantitative estimate of drug-likeness (QED) is 0.596. The molecule has 114 valence electrons. The lowest BCUT2D eigenvalue weighted by atomic mass is 10.1. The Balaban J connectivity index is 2.28. The predicted octanol–water partition coefficient (Wildman–Crippen LogP) is 3.70. The van der Waals surface area contributed by atoms with Crippen LogP contribution in [0.5, 0.6) is 0 Å². The van der Waals surface area contributed by atoms with Crippen molar-refractivity contribution in [3.8, 4) is 0 Å². The van der Waals surface area contributed by atoms with E-state index in [-0.39, 0.29) is 21.8 Å². The highest BCUT2D eigenvalue weighted by molar-refractivity contribution is 7.86. The van der Waals surface area contributed by atoms with Gasteiger partial charge in [-0.05, 0) is 41.5 Å². The van der Waals surface area contributed by atoms with Gasteiger partial charge in [0.2, 0.25) is 0 Å². The summed E-state index contributed by atoms with van der Waals surface area (Å²) in [6, 6.07) is 10.2. The highest BCUT2D eigenvalue weighted by Gasteiger charge is 2.18. The molecule has 2 aromatic carbocycles. The Kier molecular flexibility index (Phi) is 4.74. The SMILES string of the molecule is Cc1ccc(S(=O)(=O)OCc2c(N=O)cccc2N=O)cc1. The van der Waals surface area contributed by atoms with Crippen LogP contribution in [0.1, 0.15) is 11.1 Å². The molecule has 0 unspecified atom stereocenters. The molecule has 22 heavy (non-hydrogen) atoms. The fourth-order valence-corrected chi connectivity index (χ4v) is 2.67. The van der Waals surface area contributed by atoms with Gasteiger partial charge in [-0.3, -0.25) is 4.18 Å². The maximum absolute atomic E-state index is 12.1. The molecule has 0 atom stereocenters. The maximum Gasteiger partial charge on any atom is 0.297 e. The van der Waals surface area contributed by atoms with Crippen molar-refractivity contribution < 1.29 is 12.6 Å². The third-order valence-electron chi connectivity index (χ3n) is 2.99. The number of aryl methyl sites for hydroxylation is 1. The van der Waals surface area contributed by atoms with Gasteiger partial charge in [-0.1, -0.05) is 23.8 Å². The van der Waals surface area contributed by atoms with Gasteiger partial charge in [-0.2, -0.15) is 8.42 Å². The lowest BCUT2D eigenvalue weighted by Gasteiger charge is -2.08. The fraction of sp³-hybridized carbons (Fsp3) is 0.143. The average molecular weight is 320 g/mol. The van der Waals surface area contributed by atoms with Gasteiger partial charge in [0.1, 0.15) is 11.4 Å². The molecule has 0 heterocycles. The number of hydrogen-bond acceptors (Lipinski definition) is 7. The second-order valence-electron chi connectivity index (χ2n) is 4.49. The van der Waals surface area contributed by atoms with Crippen LogP contribution in [0.4, 0.5) is 11.4 Å². The third kappa shape index (κ3) is 3.41. The monoisotopic (exact) mass is 320 g/mol.